The Morgan fingerprint density at radius 1 is 0.698 bits per heavy atom. The van der Waals surface area contributed by atoms with Crippen LogP contribution in [-0.2, 0) is 59.2 Å². The molecule has 1 radical (unpaired) electrons. The summed E-state index contributed by atoms with van der Waals surface area (Å²) < 4.78 is 5.58. The molecule has 0 saturated carbocycles. The van der Waals surface area contributed by atoms with Gasteiger partial charge in [0.15, 0.2) is 0 Å². The van der Waals surface area contributed by atoms with E-state index in [1.54, 1.807) is 7.05 Å². The Hall–Kier alpha value is -0.926. The summed E-state index contributed by atoms with van der Waals surface area (Å²) in [5.41, 5.74) is 3.93. The number of aromatic hydroxyl groups is 1. The first-order valence-electron chi connectivity index (χ1n) is 17.3. The van der Waals surface area contributed by atoms with Crippen molar-refractivity contribution in [2.24, 2.45) is 0 Å². The fourth-order valence-corrected chi connectivity index (χ4v) is 7.81. The normalized spacial score (nSPS) is 14.7. The first-order chi connectivity index (χ1) is 23.4. The fraction of sp³-hybridized carbons (Fsp3) is 0.650. The molecule has 4 unspecified atom stereocenters. The van der Waals surface area contributed by atoms with Gasteiger partial charge in [-0.25, -0.2) is 0 Å². The first kappa shape index (κ1) is 54.2. The molecule has 8 N–H and O–H groups in total. The number of benzene rings is 2. The maximum atomic E-state index is 11.1. The van der Waals surface area contributed by atoms with E-state index >= 15 is 0 Å². The number of aliphatic hydroxyl groups is 5. The molecule has 303 valence electrons. The SMILES string of the molecule is CNCC(O)C(O)C(O)C(O)CO.O=[C-]O.[CH2-]Oc1c(C(C)(C)C)cc(SC(C)(C)Sc2cc(C(C)(C)C)c(O)c(C(C)(C)C)c2)cc1C(C)(C)C.[Y]. The van der Waals surface area contributed by atoms with Crippen molar-refractivity contribution in [2.45, 2.75) is 157 Å². The minimum absolute atomic E-state index is 0. The van der Waals surface area contributed by atoms with Crippen molar-refractivity contribution in [2.75, 3.05) is 20.2 Å². The molecule has 0 aromatic heterocycles. The predicted octanol–water partition coefficient (Wildman–Crippen LogP) is 6.62. The van der Waals surface area contributed by atoms with Gasteiger partial charge in [-0.15, -0.1) is 23.5 Å². The maximum Gasteiger partial charge on any atom is 0.123 e. The molecule has 13 heteroatoms. The van der Waals surface area contributed by atoms with Crippen LogP contribution in [0.15, 0.2) is 34.1 Å². The monoisotopic (exact) mass is 858 g/mol. The van der Waals surface area contributed by atoms with Crippen LogP contribution in [0.4, 0.5) is 0 Å². The molecule has 0 spiro atoms. The van der Waals surface area contributed by atoms with E-state index in [4.69, 9.17) is 35.1 Å². The number of phenolic OH excluding ortho intramolecular Hbond substituents is 1. The molecular formula is C40H67NO9S2Y-2. The van der Waals surface area contributed by atoms with Crippen LogP contribution in [0.2, 0.25) is 0 Å². The van der Waals surface area contributed by atoms with E-state index in [0.717, 1.165) is 16.9 Å². The van der Waals surface area contributed by atoms with Crippen molar-refractivity contribution in [1.82, 2.24) is 5.32 Å². The van der Waals surface area contributed by atoms with Gasteiger partial charge in [0.1, 0.15) is 24.1 Å². The Morgan fingerprint density at radius 2 is 1.00 bits per heavy atom. The molecule has 0 aliphatic rings. The van der Waals surface area contributed by atoms with Crippen LogP contribution in [0.3, 0.4) is 0 Å². The number of nitrogens with one attached hydrogen (secondary N) is 1. The Balaban J connectivity index is 0. The molecule has 2 aromatic carbocycles. The van der Waals surface area contributed by atoms with Crippen LogP contribution in [0.5, 0.6) is 11.5 Å². The molecule has 0 heterocycles. The molecule has 4 atom stereocenters. The smallest absolute Gasteiger partial charge is 0.123 e. The van der Waals surface area contributed by atoms with Gasteiger partial charge in [0.25, 0.3) is 0 Å². The summed E-state index contributed by atoms with van der Waals surface area (Å²) in [6.45, 7) is 30.8. The van der Waals surface area contributed by atoms with Gasteiger partial charge in [0.05, 0.1) is 22.5 Å². The summed E-state index contributed by atoms with van der Waals surface area (Å²) in [6.07, 6.45) is -5.65. The zero-order valence-electron chi connectivity index (χ0n) is 34.6. The van der Waals surface area contributed by atoms with Crippen LogP contribution in [0, 0.1) is 7.11 Å². The van der Waals surface area contributed by atoms with Gasteiger partial charge in [-0.2, -0.15) is 7.11 Å². The minimum atomic E-state index is -1.55. The van der Waals surface area contributed by atoms with E-state index in [1.165, 1.54) is 20.9 Å². The van der Waals surface area contributed by atoms with E-state index in [-0.39, 0.29) is 65.0 Å². The summed E-state index contributed by atoms with van der Waals surface area (Å²) in [5.74, 6) is 1.33. The maximum absolute atomic E-state index is 11.1. The van der Waals surface area contributed by atoms with Crippen LogP contribution < -0.4 is 10.1 Å². The Kier molecular flexibility index (Phi) is 22.6. The third-order valence-electron chi connectivity index (χ3n) is 7.99. The van der Waals surface area contributed by atoms with Gasteiger partial charge in [0, 0.05) is 60.2 Å². The molecule has 0 aliphatic carbocycles. The largest absolute Gasteiger partial charge is 0.665 e. The van der Waals surface area contributed by atoms with E-state index in [1.807, 2.05) is 23.5 Å². The minimum Gasteiger partial charge on any atom is -0.665 e. The number of hydrogen-bond acceptors (Lipinski definition) is 11. The summed E-state index contributed by atoms with van der Waals surface area (Å²) >= 11 is 3.73. The standard InChI is InChI=1S/C32H49O2S2.C7H17NO5.CHO2.Y/c1-28(2,3)22-16-20(17-23(26(22)33)29(4,5)6)35-32(13,14)36-21-18-24(30(7,8)9)27(34-15)25(19-21)31(10,11)12;1-8-2-4(10)6(12)7(13)5(11)3-9;2-1-3;/h16-19,33H,15H2,1-14H3;4-13H,2-3H2,1H3;(H,2,3);/q-1;;-1;. The predicted molar refractivity (Wildman–Crippen MR) is 214 cm³/mol. The van der Waals surface area contributed by atoms with E-state index in [0.29, 0.717) is 12.2 Å². The third kappa shape index (κ3) is 17.4. The second-order valence-electron chi connectivity index (χ2n) is 17.4. The summed E-state index contributed by atoms with van der Waals surface area (Å²) in [6, 6.07) is 8.91. The summed E-state index contributed by atoms with van der Waals surface area (Å²) in [7, 11) is 5.37. The van der Waals surface area contributed by atoms with Crippen LogP contribution in [0.1, 0.15) is 119 Å². The zero-order valence-corrected chi connectivity index (χ0v) is 39.1. The van der Waals surface area contributed by atoms with Gasteiger partial charge in [-0.3, -0.25) is 0 Å². The van der Waals surface area contributed by atoms with Gasteiger partial charge in [-0.05, 0) is 77.9 Å². The second kappa shape index (κ2) is 22.1. The molecule has 10 nitrogen and oxygen atoms in total. The average Bonchev–Trinajstić information content (AvgIpc) is 2.98. The Labute approximate surface area is 353 Å². The quantitative estimate of drug-likeness (QED) is 0.0689. The number of rotatable bonds is 11. The summed E-state index contributed by atoms with van der Waals surface area (Å²) in [4.78, 5) is 10.7. The Bertz CT molecular complexity index is 1340. The molecule has 2 rings (SSSR count). The average molecular weight is 859 g/mol. The molecule has 0 bridgehead atoms. The van der Waals surface area contributed by atoms with Crippen LogP contribution in [0.25, 0.3) is 0 Å². The van der Waals surface area contributed by atoms with E-state index < -0.39 is 31.0 Å². The second-order valence-corrected chi connectivity index (χ2v) is 21.1. The zero-order chi connectivity index (χ0) is 41.2. The molecule has 2 aromatic rings. The van der Waals surface area contributed by atoms with Crippen molar-refractivity contribution in [3.63, 3.8) is 0 Å². The number of phenols is 1. The van der Waals surface area contributed by atoms with Crippen molar-refractivity contribution in [3.8, 4) is 11.5 Å². The van der Waals surface area contributed by atoms with Crippen LogP contribution in [-0.4, -0.2) is 90.9 Å². The first-order valence-corrected chi connectivity index (χ1v) is 18.9. The number of aliphatic hydroxyl groups excluding tert-OH is 6. The van der Waals surface area contributed by atoms with Gasteiger partial charge in [0.2, 0.25) is 0 Å². The third-order valence-corrected chi connectivity index (χ3v) is 10.4. The van der Waals surface area contributed by atoms with Crippen LogP contribution >= 0.6 is 23.5 Å². The fourth-order valence-electron chi connectivity index (χ4n) is 5.22. The van der Waals surface area contributed by atoms with Gasteiger partial charge in [-0.1, -0.05) is 89.6 Å². The van der Waals surface area contributed by atoms with Crippen molar-refractivity contribution < 1.29 is 78.0 Å². The topological polar surface area (TPSA) is 180 Å². The van der Waals surface area contributed by atoms with Crippen molar-refractivity contribution in [1.29, 1.82) is 0 Å². The number of ether oxygens (including phenoxy) is 1. The molecule has 0 aliphatic heterocycles. The summed E-state index contributed by atoms with van der Waals surface area (Å²) in [5, 5.41) is 65.4. The molecule has 0 saturated heterocycles. The molecule has 0 amide bonds. The Morgan fingerprint density at radius 3 is 1.26 bits per heavy atom. The molecule has 0 fully saturated rings. The molecule has 53 heavy (non-hydrogen) atoms. The molecular weight excluding hydrogens is 791 g/mol. The van der Waals surface area contributed by atoms with Gasteiger partial charge >= 0.3 is 0 Å². The van der Waals surface area contributed by atoms with E-state index in [9.17, 15) is 10.2 Å². The number of likely N-dealkylation sites (N-methyl/N-ethyl adjacent to an activating group) is 1. The van der Waals surface area contributed by atoms with Crippen molar-refractivity contribution >= 4 is 30.0 Å². The number of thioether (sulfide) groups is 2. The van der Waals surface area contributed by atoms with E-state index in [2.05, 4.69) is 134 Å². The van der Waals surface area contributed by atoms with Gasteiger partial charge < -0.3 is 50.6 Å². The number of hydrogen-bond donors (Lipinski definition) is 8. The van der Waals surface area contributed by atoms with Crippen molar-refractivity contribution in [3.05, 3.63) is 53.6 Å².